The molecule has 0 atom stereocenters. The van der Waals surface area contributed by atoms with Crippen molar-refractivity contribution in [1.82, 2.24) is 4.72 Å². The third-order valence-corrected chi connectivity index (χ3v) is 5.80. The Bertz CT molecular complexity index is 591. The summed E-state index contributed by atoms with van der Waals surface area (Å²) >= 11 is 0. The van der Waals surface area contributed by atoms with E-state index in [-0.39, 0.29) is 5.54 Å². The molecule has 2 aliphatic rings. The third kappa shape index (κ3) is 2.49. The van der Waals surface area contributed by atoms with Gasteiger partial charge in [0.2, 0.25) is 10.0 Å². The first-order valence-corrected chi connectivity index (χ1v) is 8.38. The van der Waals surface area contributed by atoms with Crippen molar-refractivity contribution in [1.29, 1.82) is 0 Å². The maximum absolute atomic E-state index is 12.4. The van der Waals surface area contributed by atoms with Gasteiger partial charge in [0.1, 0.15) is 0 Å². The van der Waals surface area contributed by atoms with Crippen LogP contribution in [-0.4, -0.2) is 20.5 Å². The molecule has 1 fully saturated rings. The Balaban J connectivity index is 1.88. The highest BCUT2D eigenvalue weighted by Gasteiger charge is 2.36. The van der Waals surface area contributed by atoms with Gasteiger partial charge in [-0.3, -0.25) is 0 Å². The van der Waals surface area contributed by atoms with E-state index in [9.17, 15) is 8.42 Å². The molecule has 1 aliphatic heterocycles. The first kappa shape index (κ1) is 12.9. The highest BCUT2D eigenvalue weighted by atomic mass is 32.2. The molecule has 3 rings (SSSR count). The molecule has 1 saturated carbocycles. The zero-order valence-electron chi connectivity index (χ0n) is 11.2. The molecule has 0 aromatic heterocycles. The van der Waals surface area contributed by atoms with Crippen LogP contribution in [0.2, 0.25) is 0 Å². The molecule has 0 radical (unpaired) electrons. The summed E-state index contributed by atoms with van der Waals surface area (Å²) in [4.78, 5) is 0.369. The SMILES string of the molecule is CC1(NS(=O)(=O)c2ccc3c(c2)NCCC3)CCC1. The van der Waals surface area contributed by atoms with Crippen LogP contribution in [0.15, 0.2) is 23.1 Å². The summed E-state index contributed by atoms with van der Waals surface area (Å²) in [5, 5.41) is 3.27. The van der Waals surface area contributed by atoms with Crippen LogP contribution in [0.5, 0.6) is 0 Å². The average Bonchev–Trinajstić information content (AvgIpc) is 2.36. The number of rotatable bonds is 3. The van der Waals surface area contributed by atoms with E-state index in [0.717, 1.165) is 44.3 Å². The molecular weight excluding hydrogens is 260 g/mol. The van der Waals surface area contributed by atoms with Crippen LogP contribution in [-0.2, 0) is 16.4 Å². The largest absolute Gasteiger partial charge is 0.385 e. The summed E-state index contributed by atoms with van der Waals surface area (Å²) in [7, 11) is -3.40. The number of sulfonamides is 1. The van der Waals surface area contributed by atoms with Crippen LogP contribution < -0.4 is 10.0 Å². The number of benzene rings is 1. The van der Waals surface area contributed by atoms with Crippen molar-refractivity contribution in [2.75, 3.05) is 11.9 Å². The van der Waals surface area contributed by atoms with Crippen molar-refractivity contribution in [3.8, 4) is 0 Å². The minimum Gasteiger partial charge on any atom is -0.385 e. The first-order chi connectivity index (χ1) is 8.99. The zero-order chi connectivity index (χ0) is 13.5. The van der Waals surface area contributed by atoms with Crippen LogP contribution in [0.3, 0.4) is 0 Å². The highest BCUT2D eigenvalue weighted by Crippen LogP contribution is 2.33. The molecule has 1 heterocycles. The van der Waals surface area contributed by atoms with Crippen molar-refractivity contribution in [2.24, 2.45) is 0 Å². The lowest BCUT2D eigenvalue weighted by Gasteiger charge is -2.38. The lowest BCUT2D eigenvalue weighted by atomic mass is 9.80. The predicted molar refractivity (Wildman–Crippen MR) is 75.8 cm³/mol. The van der Waals surface area contributed by atoms with Crippen molar-refractivity contribution in [3.63, 3.8) is 0 Å². The predicted octanol–water partition coefficient (Wildman–Crippen LogP) is 2.27. The van der Waals surface area contributed by atoms with Crippen LogP contribution in [0.4, 0.5) is 5.69 Å². The Kier molecular flexibility index (Phi) is 3.06. The molecule has 0 unspecified atom stereocenters. The monoisotopic (exact) mass is 280 g/mol. The van der Waals surface area contributed by atoms with Gasteiger partial charge in [0.05, 0.1) is 4.90 Å². The fraction of sp³-hybridized carbons (Fsp3) is 0.571. The second-order valence-electron chi connectivity index (χ2n) is 5.87. The first-order valence-electron chi connectivity index (χ1n) is 6.89. The average molecular weight is 280 g/mol. The van der Waals surface area contributed by atoms with E-state index in [1.165, 1.54) is 5.56 Å². The number of fused-ring (bicyclic) bond motifs is 1. The Labute approximate surface area is 114 Å². The molecule has 2 N–H and O–H groups in total. The molecule has 19 heavy (non-hydrogen) atoms. The van der Waals surface area contributed by atoms with Crippen LogP contribution in [0, 0.1) is 0 Å². The summed E-state index contributed by atoms with van der Waals surface area (Å²) in [6, 6.07) is 5.41. The standard InChI is InChI=1S/C14H20N2O2S/c1-14(7-3-8-14)16-19(17,18)12-6-5-11-4-2-9-15-13(11)10-12/h5-6,10,15-16H,2-4,7-9H2,1H3. The highest BCUT2D eigenvalue weighted by molar-refractivity contribution is 7.89. The quantitative estimate of drug-likeness (QED) is 0.893. The van der Waals surface area contributed by atoms with E-state index < -0.39 is 10.0 Å². The molecular formula is C14H20N2O2S. The zero-order valence-corrected chi connectivity index (χ0v) is 12.0. The molecule has 104 valence electrons. The lowest BCUT2D eigenvalue weighted by Crippen LogP contribution is -2.50. The summed E-state index contributed by atoms with van der Waals surface area (Å²) in [6.45, 7) is 2.90. The Morgan fingerprint density at radius 1 is 1.26 bits per heavy atom. The molecule has 0 spiro atoms. The number of hydrogen-bond acceptors (Lipinski definition) is 3. The topological polar surface area (TPSA) is 58.2 Å². The van der Waals surface area contributed by atoms with Gasteiger partial charge in [0.15, 0.2) is 0 Å². The summed E-state index contributed by atoms with van der Waals surface area (Å²) in [5.41, 5.74) is 1.93. The van der Waals surface area contributed by atoms with Gasteiger partial charge in [0.25, 0.3) is 0 Å². The number of hydrogen-bond donors (Lipinski definition) is 2. The Morgan fingerprint density at radius 3 is 2.74 bits per heavy atom. The van der Waals surface area contributed by atoms with E-state index in [4.69, 9.17) is 0 Å². The Hall–Kier alpha value is -1.07. The third-order valence-electron chi connectivity index (χ3n) is 4.17. The van der Waals surface area contributed by atoms with Crippen LogP contribution in [0.25, 0.3) is 0 Å². The molecule has 0 saturated heterocycles. The molecule has 1 aromatic carbocycles. The van der Waals surface area contributed by atoms with Gasteiger partial charge in [-0.05, 0) is 56.7 Å². The van der Waals surface area contributed by atoms with Crippen LogP contribution in [0.1, 0.15) is 38.2 Å². The maximum atomic E-state index is 12.4. The van der Waals surface area contributed by atoms with Crippen molar-refractivity contribution in [2.45, 2.75) is 49.5 Å². The molecule has 5 heteroatoms. The van der Waals surface area contributed by atoms with E-state index in [0.29, 0.717) is 4.90 Å². The summed E-state index contributed by atoms with van der Waals surface area (Å²) < 4.78 is 27.6. The normalized spacial score (nSPS) is 21.1. The van der Waals surface area contributed by atoms with Crippen molar-refractivity contribution in [3.05, 3.63) is 23.8 Å². The van der Waals surface area contributed by atoms with Gasteiger partial charge in [-0.2, -0.15) is 0 Å². The molecule has 1 aliphatic carbocycles. The molecule has 4 nitrogen and oxygen atoms in total. The fourth-order valence-corrected chi connectivity index (χ4v) is 4.29. The van der Waals surface area contributed by atoms with Gasteiger partial charge < -0.3 is 5.32 Å². The van der Waals surface area contributed by atoms with Crippen molar-refractivity contribution < 1.29 is 8.42 Å². The molecule has 1 aromatic rings. The van der Waals surface area contributed by atoms with E-state index in [1.54, 1.807) is 12.1 Å². The van der Waals surface area contributed by atoms with Gasteiger partial charge >= 0.3 is 0 Å². The number of anilines is 1. The second kappa shape index (κ2) is 4.49. The lowest BCUT2D eigenvalue weighted by molar-refractivity contribution is 0.248. The van der Waals surface area contributed by atoms with E-state index in [1.807, 2.05) is 13.0 Å². The molecule has 0 bridgehead atoms. The minimum atomic E-state index is -3.40. The smallest absolute Gasteiger partial charge is 0.241 e. The van der Waals surface area contributed by atoms with E-state index >= 15 is 0 Å². The number of nitrogens with one attached hydrogen (secondary N) is 2. The Morgan fingerprint density at radius 2 is 2.05 bits per heavy atom. The van der Waals surface area contributed by atoms with Gasteiger partial charge in [0, 0.05) is 17.8 Å². The number of aryl methyl sites for hydroxylation is 1. The summed E-state index contributed by atoms with van der Waals surface area (Å²) in [5.74, 6) is 0. The van der Waals surface area contributed by atoms with Crippen molar-refractivity contribution >= 4 is 15.7 Å². The molecule has 0 amide bonds. The van der Waals surface area contributed by atoms with Crippen LogP contribution >= 0.6 is 0 Å². The second-order valence-corrected chi connectivity index (χ2v) is 7.55. The summed E-state index contributed by atoms with van der Waals surface area (Å²) in [6.07, 6.45) is 5.08. The van der Waals surface area contributed by atoms with E-state index in [2.05, 4.69) is 10.0 Å². The fourth-order valence-electron chi connectivity index (χ4n) is 2.80. The van der Waals surface area contributed by atoms with Gasteiger partial charge in [-0.15, -0.1) is 0 Å². The van der Waals surface area contributed by atoms with Gasteiger partial charge in [-0.25, -0.2) is 13.1 Å². The minimum absolute atomic E-state index is 0.248. The maximum Gasteiger partial charge on any atom is 0.241 e. The van der Waals surface area contributed by atoms with Gasteiger partial charge in [-0.1, -0.05) is 6.07 Å².